The van der Waals surface area contributed by atoms with Crippen LogP contribution in [0.2, 0.25) is 5.02 Å². The smallest absolute Gasteiger partial charge is 0.127 e. The third-order valence-electron chi connectivity index (χ3n) is 3.67. The first-order valence-electron chi connectivity index (χ1n) is 6.62. The topological polar surface area (TPSA) is 24.5 Å². The van der Waals surface area contributed by atoms with Gasteiger partial charge in [-0.15, -0.1) is 0 Å². The van der Waals surface area contributed by atoms with E-state index in [1.165, 1.54) is 11.1 Å². The molecular weight excluding hydrogens is 248 g/mol. The fourth-order valence-electron chi connectivity index (χ4n) is 2.86. The zero-order chi connectivity index (χ0) is 12.5. The quantitative estimate of drug-likeness (QED) is 0.887. The molecule has 2 aliphatic rings. The summed E-state index contributed by atoms with van der Waals surface area (Å²) in [7, 11) is 0. The molecule has 0 amide bonds. The summed E-state index contributed by atoms with van der Waals surface area (Å²) in [5.74, 6) is 1.07. The summed E-state index contributed by atoms with van der Waals surface area (Å²) in [6.45, 7) is 7.19. The van der Waals surface area contributed by atoms with Crippen molar-refractivity contribution in [3.05, 3.63) is 28.3 Å². The molecule has 0 aliphatic carbocycles. The Labute approximate surface area is 113 Å². The van der Waals surface area contributed by atoms with Crippen molar-refractivity contribution in [2.75, 3.05) is 26.2 Å². The molecule has 18 heavy (non-hydrogen) atoms. The number of hydrogen-bond donors (Lipinski definition) is 1. The fourth-order valence-corrected chi connectivity index (χ4v) is 3.12. The Balaban J connectivity index is 1.80. The van der Waals surface area contributed by atoms with E-state index >= 15 is 0 Å². The van der Waals surface area contributed by atoms with Crippen molar-refractivity contribution in [2.45, 2.75) is 25.9 Å². The SMILES string of the molecule is C[C@H]1CN(Cc2cc(Cl)cc3c2OCC3)CCN1. The molecule has 0 unspecified atom stereocenters. The highest BCUT2D eigenvalue weighted by Gasteiger charge is 2.21. The van der Waals surface area contributed by atoms with Crippen LogP contribution in [0.1, 0.15) is 18.1 Å². The second-order valence-corrected chi connectivity index (χ2v) is 5.68. The number of nitrogens with one attached hydrogen (secondary N) is 1. The van der Waals surface area contributed by atoms with Gasteiger partial charge in [0.1, 0.15) is 5.75 Å². The summed E-state index contributed by atoms with van der Waals surface area (Å²) in [5.41, 5.74) is 2.50. The van der Waals surface area contributed by atoms with Crippen LogP contribution < -0.4 is 10.1 Å². The highest BCUT2D eigenvalue weighted by molar-refractivity contribution is 6.30. The summed E-state index contributed by atoms with van der Waals surface area (Å²) in [6.07, 6.45) is 0.987. The first-order valence-corrected chi connectivity index (χ1v) is 7.00. The van der Waals surface area contributed by atoms with Crippen molar-refractivity contribution in [3.63, 3.8) is 0 Å². The van der Waals surface area contributed by atoms with Gasteiger partial charge in [-0.3, -0.25) is 4.90 Å². The maximum absolute atomic E-state index is 6.19. The zero-order valence-electron chi connectivity index (χ0n) is 10.7. The van der Waals surface area contributed by atoms with Gasteiger partial charge in [-0.2, -0.15) is 0 Å². The number of benzene rings is 1. The van der Waals surface area contributed by atoms with Crippen LogP contribution in [0, 0.1) is 0 Å². The fraction of sp³-hybridized carbons (Fsp3) is 0.571. The molecule has 3 rings (SSSR count). The second kappa shape index (κ2) is 5.08. The molecule has 1 saturated heterocycles. The van der Waals surface area contributed by atoms with E-state index in [1.54, 1.807) is 0 Å². The van der Waals surface area contributed by atoms with Crippen LogP contribution in [0.15, 0.2) is 12.1 Å². The van der Waals surface area contributed by atoms with E-state index in [9.17, 15) is 0 Å². The van der Waals surface area contributed by atoms with Crippen LogP contribution in [0.25, 0.3) is 0 Å². The van der Waals surface area contributed by atoms with Crippen LogP contribution in [0.4, 0.5) is 0 Å². The summed E-state index contributed by atoms with van der Waals surface area (Å²) >= 11 is 6.19. The van der Waals surface area contributed by atoms with Crippen molar-refractivity contribution < 1.29 is 4.74 Å². The van der Waals surface area contributed by atoms with E-state index in [1.807, 2.05) is 6.07 Å². The maximum Gasteiger partial charge on any atom is 0.127 e. The van der Waals surface area contributed by atoms with E-state index in [0.717, 1.165) is 50.0 Å². The third kappa shape index (κ3) is 2.48. The largest absolute Gasteiger partial charge is 0.493 e. The van der Waals surface area contributed by atoms with E-state index in [0.29, 0.717) is 6.04 Å². The van der Waals surface area contributed by atoms with Crippen molar-refractivity contribution in [1.82, 2.24) is 10.2 Å². The Bertz CT molecular complexity index is 450. The van der Waals surface area contributed by atoms with Gasteiger partial charge in [0.2, 0.25) is 0 Å². The molecule has 1 fully saturated rings. The molecule has 1 aromatic rings. The molecule has 0 spiro atoms. The van der Waals surface area contributed by atoms with Crippen molar-refractivity contribution in [3.8, 4) is 5.75 Å². The van der Waals surface area contributed by atoms with Crippen LogP contribution >= 0.6 is 11.6 Å². The first-order chi connectivity index (χ1) is 8.72. The minimum absolute atomic E-state index is 0.562. The second-order valence-electron chi connectivity index (χ2n) is 5.24. The molecular formula is C14H19ClN2O. The lowest BCUT2D eigenvalue weighted by Crippen LogP contribution is -2.48. The number of piperazine rings is 1. The lowest BCUT2D eigenvalue weighted by Gasteiger charge is -2.32. The van der Waals surface area contributed by atoms with Crippen LogP contribution in [0.3, 0.4) is 0 Å². The molecule has 0 bridgehead atoms. The standard InChI is InChI=1S/C14H19ClN2O/c1-10-8-17(4-3-16-10)9-12-7-13(15)6-11-2-5-18-14(11)12/h6-7,10,16H,2-5,8-9H2,1H3/t10-/m0/s1. The Hall–Kier alpha value is -0.770. The Morgan fingerprint density at radius 2 is 2.39 bits per heavy atom. The molecule has 1 aromatic carbocycles. The van der Waals surface area contributed by atoms with Gasteiger partial charge in [-0.1, -0.05) is 11.6 Å². The van der Waals surface area contributed by atoms with Gasteiger partial charge < -0.3 is 10.1 Å². The van der Waals surface area contributed by atoms with Gasteiger partial charge in [-0.05, 0) is 24.6 Å². The van der Waals surface area contributed by atoms with Crippen molar-refractivity contribution in [2.24, 2.45) is 0 Å². The number of nitrogens with zero attached hydrogens (tertiary/aromatic N) is 1. The summed E-state index contributed by atoms with van der Waals surface area (Å²) in [5, 5.41) is 4.29. The van der Waals surface area contributed by atoms with Gasteiger partial charge in [0.15, 0.2) is 0 Å². The van der Waals surface area contributed by atoms with E-state index in [4.69, 9.17) is 16.3 Å². The predicted octanol–water partition coefficient (Wildman–Crippen LogP) is 2.07. The van der Waals surface area contributed by atoms with E-state index in [2.05, 4.69) is 23.2 Å². The molecule has 98 valence electrons. The normalized spacial score (nSPS) is 23.8. The molecule has 2 heterocycles. The zero-order valence-corrected chi connectivity index (χ0v) is 11.5. The van der Waals surface area contributed by atoms with E-state index in [-0.39, 0.29) is 0 Å². The van der Waals surface area contributed by atoms with Crippen molar-refractivity contribution >= 4 is 11.6 Å². The highest BCUT2D eigenvalue weighted by atomic mass is 35.5. The monoisotopic (exact) mass is 266 g/mol. The van der Waals surface area contributed by atoms with Gasteiger partial charge in [0.25, 0.3) is 0 Å². The average molecular weight is 267 g/mol. The van der Waals surface area contributed by atoms with Crippen molar-refractivity contribution in [1.29, 1.82) is 0 Å². The maximum atomic E-state index is 6.19. The summed E-state index contributed by atoms with van der Waals surface area (Å²) in [6, 6.07) is 4.65. The molecule has 1 atom stereocenters. The predicted molar refractivity (Wildman–Crippen MR) is 73.4 cm³/mol. The first kappa shape index (κ1) is 12.3. The lowest BCUT2D eigenvalue weighted by atomic mass is 10.1. The minimum atomic E-state index is 0.562. The molecule has 3 nitrogen and oxygen atoms in total. The lowest BCUT2D eigenvalue weighted by molar-refractivity contribution is 0.197. The van der Waals surface area contributed by atoms with Crippen LogP contribution in [-0.2, 0) is 13.0 Å². The minimum Gasteiger partial charge on any atom is -0.493 e. The van der Waals surface area contributed by atoms with Gasteiger partial charge in [-0.25, -0.2) is 0 Å². The van der Waals surface area contributed by atoms with Crippen LogP contribution in [-0.4, -0.2) is 37.2 Å². The number of hydrogen-bond acceptors (Lipinski definition) is 3. The molecule has 0 saturated carbocycles. The Morgan fingerprint density at radius 3 is 3.22 bits per heavy atom. The van der Waals surface area contributed by atoms with Gasteiger partial charge in [0, 0.05) is 49.2 Å². The molecule has 2 aliphatic heterocycles. The summed E-state index contributed by atoms with van der Waals surface area (Å²) < 4.78 is 5.75. The molecule has 0 aromatic heterocycles. The Morgan fingerprint density at radius 1 is 1.50 bits per heavy atom. The van der Waals surface area contributed by atoms with Gasteiger partial charge in [0.05, 0.1) is 6.61 Å². The highest BCUT2D eigenvalue weighted by Crippen LogP contribution is 2.33. The molecule has 4 heteroatoms. The number of rotatable bonds is 2. The number of fused-ring (bicyclic) bond motifs is 1. The number of ether oxygens (including phenoxy) is 1. The molecule has 1 N–H and O–H groups in total. The molecule has 0 radical (unpaired) electrons. The van der Waals surface area contributed by atoms with Crippen LogP contribution in [0.5, 0.6) is 5.75 Å². The van der Waals surface area contributed by atoms with Gasteiger partial charge >= 0.3 is 0 Å². The Kier molecular flexibility index (Phi) is 3.46. The van der Waals surface area contributed by atoms with E-state index < -0.39 is 0 Å². The third-order valence-corrected chi connectivity index (χ3v) is 3.89. The number of halogens is 1. The summed E-state index contributed by atoms with van der Waals surface area (Å²) in [4.78, 5) is 2.47. The average Bonchev–Trinajstić information content (AvgIpc) is 2.77.